The Kier molecular flexibility index (Phi) is 4.91. The molecule has 3 aromatic heterocycles. The molecule has 166 valence electrons. The van der Waals surface area contributed by atoms with E-state index in [1.165, 1.54) is 22.1 Å². The minimum Gasteiger partial charge on any atom is -0.477 e. The van der Waals surface area contributed by atoms with Crippen LogP contribution in [-0.4, -0.2) is 55.4 Å². The number of rotatable bonds is 5. The monoisotopic (exact) mass is 453 g/mol. The first-order valence-electron chi connectivity index (χ1n) is 10.2. The van der Waals surface area contributed by atoms with Crippen LogP contribution in [0.25, 0.3) is 5.65 Å². The molecular weight excluding hydrogens is 431 g/mol. The van der Waals surface area contributed by atoms with Gasteiger partial charge in [-0.3, -0.25) is 0 Å². The fraction of sp³-hybridized carbons (Fsp3) is 0.579. The van der Waals surface area contributed by atoms with Gasteiger partial charge in [0.15, 0.2) is 17.5 Å². The van der Waals surface area contributed by atoms with Gasteiger partial charge in [0.2, 0.25) is 11.1 Å². The van der Waals surface area contributed by atoms with E-state index in [4.69, 9.17) is 4.74 Å². The van der Waals surface area contributed by atoms with Crippen LogP contribution in [-0.2, 0) is 0 Å². The van der Waals surface area contributed by atoms with Gasteiger partial charge in [-0.25, -0.2) is 9.50 Å². The molecule has 1 aliphatic heterocycles. The van der Waals surface area contributed by atoms with Crippen LogP contribution >= 0.6 is 11.5 Å². The summed E-state index contributed by atoms with van der Waals surface area (Å²) in [7, 11) is 0. The van der Waals surface area contributed by atoms with E-state index in [9.17, 15) is 13.2 Å². The molecule has 2 fully saturated rings. The number of ether oxygens (including phenoxy) is 1. The van der Waals surface area contributed by atoms with Crippen molar-refractivity contribution in [2.75, 3.05) is 23.3 Å². The lowest BCUT2D eigenvalue weighted by Crippen LogP contribution is -2.48. The molecule has 2 unspecified atom stereocenters. The van der Waals surface area contributed by atoms with E-state index in [0.717, 1.165) is 43.8 Å². The first-order chi connectivity index (χ1) is 14.8. The SMILES string of the molecule is Cc1nsc(N2CC3CC[C@@H](C2)C3Nc2nc3c(O[C@@H](C)C(F)(F)F)cccn3n2)n1. The summed E-state index contributed by atoms with van der Waals surface area (Å²) in [6, 6.07) is 3.28. The molecule has 1 saturated heterocycles. The van der Waals surface area contributed by atoms with Gasteiger partial charge in [0, 0.05) is 36.9 Å². The second-order valence-corrected chi connectivity index (χ2v) is 8.90. The number of aryl methyl sites for hydroxylation is 1. The molecule has 4 heterocycles. The lowest BCUT2D eigenvalue weighted by Gasteiger charge is -2.37. The average molecular weight is 453 g/mol. The summed E-state index contributed by atoms with van der Waals surface area (Å²) in [6.07, 6.45) is -2.54. The zero-order valence-electron chi connectivity index (χ0n) is 17.0. The van der Waals surface area contributed by atoms with Crippen molar-refractivity contribution < 1.29 is 17.9 Å². The Labute approximate surface area is 180 Å². The Bertz CT molecular complexity index is 1070. The van der Waals surface area contributed by atoms with Gasteiger partial charge in [-0.15, -0.1) is 5.10 Å². The molecule has 0 aromatic carbocycles. The highest BCUT2D eigenvalue weighted by atomic mass is 32.1. The summed E-state index contributed by atoms with van der Waals surface area (Å²) >= 11 is 1.43. The Morgan fingerprint density at radius 2 is 1.97 bits per heavy atom. The Hall–Kier alpha value is -2.63. The molecule has 1 N–H and O–H groups in total. The number of halogens is 3. The molecule has 2 aliphatic rings. The van der Waals surface area contributed by atoms with E-state index >= 15 is 0 Å². The van der Waals surface area contributed by atoms with Gasteiger partial charge in [0.25, 0.3) is 0 Å². The summed E-state index contributed by atoms with van der Waals surface area (Å²) in [6.45, 7) is 4.64. The van der Waals surface area contributed by atoms with Crippen molar-refractivity contribution in [3.05, 3.63) is 24.2 Å². The minimum atomic E-state index is -4.45. The van der Waals surface area contributed by atoms with E-state index in [0.29, 0.717) is 17.8 Å². The van der Waals surface area contributed by atoms with Crippen molar-refractivity contribution in [3.63, 3.8) is 0 Å². The fourth-order valence-electron chi connectivity index (χ4n) is 4.47. The molecular formula is C19H22F3N7OS. The summed E-state index contributed by atoms with van der Waals surface area (Å²) in [5, 5.41) is 8.81. The number of pyridine rings is 1. The van der Waals surface area contributed by atoms with Gasteiger partial charge in [-0.05, 0) is 50.7 Å². The highest BCUT2D eigenvalue weighted by Crippen LogP contribution is 2.40. The Balaban J connectivity index is 1.33. The third-order valence-corrected chi connectivity index (χ3v) is 6.88. The van der Waals surface area contributed by atoms with Crippen LogP contribution in [0.1, 0.15) is 25.6 Å². The van der Waals surface area contributed by atoms with Crippen molar-refractivity contribution in [2.24, 2.45) is 11.8 Å². The van der Waals surface area contributed by atoms with Crippen molar-refractivity contribution in [1.29, 1.82) is 0 Å². The first-order valence-corrected chi connectivity index (χ1v) is 11.0. The predicted octanol–water partition coefficient (Wildman–Crippen LogP) is 3.55. The number of hydrogen-bond acceptors (Lipinski definition) is 8. The topological polar surface area (TPSA) is 80.5 Å². The molecule has 1 aliphatic carbocycles. The van der Waals surface area contributed by atoms with E-state index in [2.05, 4.69) is 29.7 Å². The summed E-state index contributed by atoms with van der Waals surface area (Å²) < 4.78 is 49.6. The van der Waals surface area contributed by atoms with Gasteiger partial charge in [-0.2, -0.15) is 22.5 Å². The maximum atomic E-state index is 12.9. The number of alkyl halides is 3. The molecule has 5 rings (SSSR count). The second-order valence-electron chi connectivity index (χ2n) is 8.17. The van der Waals surface area contributed by atoms with E-state index in [-0.39, 0.29) is 17.4 Å². The fourth-order valence-corrected chi connectivity index (χ4v) is 5.16. The third kappa shape index (κ3) is 3.88. The smallest absolute Gasteiger partial charge is 0.425 e. The number of piperidine rings is 1. The van der Waals surface area contributed by atoms with E-state index < -0.39 is 12.3 Å². The molecule has 0 spiro atoms. The van der Waals surface area contributed by atoms with Gasteiger partial charge in [0.1, 0.15) is 5.82 Å². The Morgan fingerprint density at radius 1 is 1.23 bits per heavy atom. The molecule has 1 saturated carbocycles. The van der Waals surface area contributed by atoms with Crippen LogP contribution in [0.4, 0.5) is 24.3 Å². The van der Waals surface area contributed by atoms with Crippen LogP contribution in [0.5, 0.6) is 5.75 Å². The van der Waals surface area contributed by atoms with Crippen LogP contribution in [0, 0.1) is 18.8 Å². The zero-order chi connectivity index (χ0) is 21.8. The third-order valence-electron chi connectivity index (χ3n) is 6.01. The summed E-state index contributed by atoms with van der Waals surface area (Å²) in [4.78, 5) is 11.2. The maximum absolute atomic E-state index is 12.9. The number of nitrogens with one attached hydrogen (secondary N) is 1. The van der Waals surface area contributed by atoms with E-state index in [1.54, 1.807) is 12.3 Å². The van der Waals surface area contributed by atoms with Gasteiger partial charge in [-0.1, -0.05) is 0 Å². The summed E-state index contributed by atoms with van der Waals surface area (Å²) in [5.74, 6) is 2.07. The molecule has 31 heavy (non-hydrogen) atoms. The van der Waals surface area contributed by atoms with Crippen LogP contribution in [0.3, 0.4) is 0 Å². The molecule has 3 aromatic rings. The van der Waals surface area contributed by atoms with Crippen LogP contribution in [0.2, 0.25) is 0 Å². The first kappa shape index (κ1) is 20.3. The molecule has 8 nitrogen and oxygen atoms in total. The van der Waals surface area contributed by atoms with Gasteiger partial charge < -0.3 is 15.0 Å². The van der Waals surface area contributed by atoms with Gasteiger partial charge >= 0.3 is 6.18 Å². The van der Waals surface area contributed by atoms with E-state index in [1.807, 2.05) is 6.92 Å². The second kappa shape index (κ2) is 7.50. The highest BCUT2D eigenvalue weighted by molar-refractivity contribution is 7.09. The number of fused-ring (bicyclic) bond motifs is 3. The highest BCUT2D eigenvalue weighted by Gasteiger charge is 2.43. The number of aromatic nitrogens is 5. The molecule has 0 amide bonds. The maximum Gasteiger partial charge on any atom is 0.425 e. The molecule has 0 radical (unpaired) electrons. The quantitative estimate of drug-likeness (QED) is 0.633. The standard InChI is InChI=1S/C19H22F3N7OS/c1-10(19(20,21)22)30-14-4-3-7-29-16(14)25-17(26-29)24-15-12-5-6-13(15)9-28(8-12)18-23-11(2)27-31-18/h3-4,7,10,12-13,15H,5-6,8-9H2,1-2H3,(H,24,26)/t10-,12-,13?,15?/m0/s1. The van der Waals surface area contributed by atoms with Gasteiger partial charge in [0.05, 0.1) is 0 Å². The summed E-state index contributed by atoms with van der Waals surface area (Å²) in [5.41, 5.74) is 0.259. The lowest BCUT2D eigenvalue weighted by molar-refractivity contribution is -0.189. The molecule has 2 bridgehead atoms. The minimum absolute atomic E-state index is 0.0531. The largest absolute Gasteiger partial charge is 0.477 e. The van der Waals surface area contributed by atoms with Crippen LogP contribution < -0.4 is 15.0 Å². The van der Waals surface area contributed by atoms with Crippen molar-refractivity contribution in [1.82, 2.24) is 24.0 Å². The van der Waals surface area contributed by atoms with Crippen LogP contribution in [0.15, 0.2) is 18.3 Å². The number of hydrogen-bond donors (Lipinski definition) is 1. The molecule has 4 atom stereocenters. The van der Waals surface area contributed by atoms with Crippen molar-refractivity contribution >= 4 is 28.3 Å². The average Bonchev–Trinajstić information content (AvgIpc) is 3.38. The number of nitrogens with zero attached hydrogens (tertiary/aromatic N) is 6. The number of anilines is 2. The van der Waals surface area contributed by atoms with Crippen molar-refractivity contribution in [3.8, 4) is 5.75 Å². The normalized spacial score (nSPS) is 24.5. The lowest BCUT2D eigenvalue weighted by atomic mass is 9.92. The van der Waals surface area contributed by atoms with Crippen molar-refractivity contribution in [2.45, 2.75) is 45.0 Å². The Morgan fingerprint density at radius 3 is 2.61 bits per heavy atom. The predicted molar refractivity (Wildman–Crippen MR) is 110 cm³/mol. The molecule has 12 heteroatoms. The zero-order valence-corrected chi connectivity index (χ0v) is 17.8.